The van der Waals surface area contributed by atoms with Crippen molar-refractivity contribution in [2.24, 2.45) is 5.73 Å². The lowest BCUT2D eigenvalue weighted by Gasteiger charge is -2.24. The fourth-order valence-electron chi connectivity index (χ4n) is 2.21. The molecule has 1 aliphatic rings. The Morgan fingerprint density at radius 1 is 1.21 bits per heavy atom. The fraction of sp³-hybridized carbons (Fsp3) is 0.846. The minimum atomic E-state index is -0.402. The number of hydrogen-bond acceptors (Lipinski definition) is 4. The summed E-state index contributed by atoms with van der Waals surface area (Å²) < 4.78 is 0. The van der Waals surface area contributed by atoms with Gasteiger partial charge in [0.1, 0.15) is 0 Å². The van der Waals surface area contributed by atoms with Crippen molar-refractivity contribution >= 4 is 23.6 Å². The average molecular weight is 287 g/mol. The molecule has 5 nitrogen and oxygen atoms in total. The van der Waals surface area contributed by atoms with Gasteiger partial charge in [-0.25, -0.2) is 0 Å². The molecule has 0 aromatic rings. The summed E-state index contributed by atoms with van der Waals surface area (Å²) >= 11 is 1.70. The minimum absolute atomic E-state index is 0.0276. The lowest BCUT2D eigenvalue weighted by Crippen LogP contribution is -2.45. The Hall–Kier alpha value is -0.750. The van der Waals surface area contributed by atoms with E-state index in [4.69, 9.17) is 5.73 Å². The number of carbonyl (C=O) groups excluding carboxylic acids is 2. The highest BCUT2D eigenvalue weighted by Crippen LogP contribution is 2.08. The summed E-state index contributed by atoms with van der Waals surface area (Å²) in [4.78, 5) is 27.5. The van der Waals surface area contributed by atoms with E-state index in [0.717, 1.165) is 18.7 Å². The topological polar surface area (TPSA) is 66.6 Å². The molecule has 0 unspecified atom stereocenters. The van der Waals surface area contributed by atoms with Crippen LogP contribution in [0, 0.1) is 0 Å². The molecule has 0 saturated carbocycles. The van der Waals surface area contributed by atoms with Gasteiger partial charge in [0.25, 0.3) is 0 Å². The highest BCUT2D eigenvalue weighted by Gasteiger charge is 2.24. The second-order valence-electron chi connectivity index (χ2n) is 4.80. The van der Waals surface area contributed by atoms with E-state index >= 15 is 0 Å². The van der Waals surface area contributed by atoms with Gasteiger partial charge in [-0.2, -0.15) is 11.8 Å². The highest BCUT2D eigenvalue weighted by molar-refractivity contribution is 7.98. The first-order valence-corrected chi connectivity index (χ1v) is 8.30. The van der Waals surface area contributed by atoms with Gasteiger partial charge in [-0.05, 0) is 24.9 Å². The number of rotatable bonds is 5. The molecule has 0 aromatic carbocycles. The average Bonchev–Trinajstić information content (AvgIpc) is 2.68. The first kappa shape index (κ1) is 16.3. The molecule has 1 atom stereocenters. The van der Waals surface area contributed by atoms with Gasteiger partial charge in [0, 0.05) is 32.6 Å². The van der Waals surface area contributed by atoms with Crippen molar-refractivity contribution in [3.05, 3.63) is 0 Å². The summed E-state index contributed by atoms with van der Waals surface area (Å²) in [6.45, 7) is 4.56. The summed E-state index contributed by atoms with van der Waals surface area (Å²) in [7, 11) is 0. The quantitative estimate of drug-likeness (QED) is 0.801. The second kappa shape index (κ2) is 8.43. The Bertz CT molecular complexity index is 312. The van der Waals surface area contributed by atoms with Gasteiger partial charge in [0.05, 0.1) is 6.04 Å². The summed E-state index contributed by atoms with van der Waals surface area (Å²) in [5, 5.41) is 0. The third kappa shape index (κ3) is 5.03. The number of nitrogens with two attached hydrogens (primary N) is 1. The van der Waals surface area contributed by atoms with Gasteiger partial charge < -0.3 is 15.5 Å². The van der Waals surface area contributed by atoms with Crippen LogP contribution in [0.1, 0.15) is 26.2 Å². The molecule has 1 fully saturated rings. The first-order chi connectivity index (χ1) is 9.10. The van der Waals surface area contributed by atoms with Gasteiger partial charge in [0.2, 0.25) is 11.8 Å². The van der Waals surface area contributed by atoms with Gasteiger partial charge in [0.15, 0.2) is 0 Å². The monoisotopic (exact) mass is 287 g/mol. The summed E-state index contributed by atoms with van der Waals surface area (Å²) in [5.74, 6) is 1.10. The molecule has 0 aromatic heterocycles. The van der Waals surface area contributed by atoms with Crippen molar-refractivity contribution in [3.8, 4) is 0 Å². The second-order valence-corrected chi connectivity index (χ2v) is 5.79. The molecule has 6 heteroatoms. The molecule has 0 radical (unpaired) electrons. The maximum atomic E-state index is 12.2. The molecule has 0 bridgehead atoms. The molecule has 2 N–H and O–H groups in total. The van der Waals surface area contributed by atoms with E-state index in [0.29, 0.717) is 32.5 Å². The number of nitrogens with zero attached hydrogens (tertiary/aromatic N) is 2. The van der Waals surface area contributed by atoms with E-state index in [9.17, 15) is 9.59 Å². The van der Waals surface area contributed by atoms with Gasteiger partial charge >= 0.3 is 0 Å². The zero-order valence-electron chi connectivity index (χ0n) is 11.9. The van der Waals surface area contributed by atoms with Crippen LogP contribution in [0.4, 0.5) is 0 Å². The van der Waals surface area contributed by atoms with Crippen molar-refractivity contribution < 1.29 is 9.59 Å². The van der Waals surface area contributed by atoms with Crippen LogP contribution >= 0.6 is 11.8 Å². The van der Waals surface area contributed by atoms with E-state index < -0.39 is 6.04 Å². The third-order valence-electron chi connectivity index (χ3n) is 3.41. The van der Waals surface area contributed by atoms with Crippen LogP contribution in [0.2, 0.25) is 0 Å². The smallest absolute Gasteiger partial charge is 0.239 e. The number of thioether (sulfide) groups is 1. The molecular weight excluding hydrogens is 262 g/mol. The van der Waals surface area contributed by atoms with Crippen molar-refractivity contribution in [2.45, 2.75) is 32.2 Å². The lowest BCUT2D eigenvalue weighted by molar-refractivity contribution is -0.134. The first-order valence-electron chi connectivity index (χ1n) is 6.91. The van der Waals surface area contributed by atoms with Crippen LogP contribution in [0.3, 0.4) is 0 Å². The van der Waals surface area contributed by atoms with Crippen molar-refractivity contribution in [1.29, 1.82) is 0 Å². The van der Waals surface area contributed by atoms with Crippen molar-refractivity contribution in [3.63, 3.8) is 0 Å². The molecule has 0 spiro atoms. The summed E-state index contributed by atoms with van der Waals surface area (Å²) in [6, 6.07) is -0.402. The molecule has 1 aliphatic heterocycles. The molecule has 2 amide bonds. The fourth-order valence-corrected chi connectivity index (χ4v) is 2.70. The third-order valence-corrected chi connectivity index (χ3v) is 4.06. The Labute approximate surface area is 119 Å². The van der Waals surface area contributed by atoms with Crippen molar-refractivity contribution in [2.75, 3.05) is 38.2 Å². The van der Waals surface area contributed by atoms with Crippen LogP contribution < -0.4 is 5.73 Å². The Balaban J connectivity index is 2.47. The summed E-state index contributed by atoms with van der Waals surface area (Å²) in [5.41, 5.74) is 5.92. The van der Waals surface area contributed by atoms with Crippen LogP contribution in [-0.4, -0.2) is 65.8 Å². The standard InChI is InChI=1S/C13H25N3O2S/c1-3-12(17)15-6-4-7-16(9-8-15)13(18)11(14)5-10-19-2/h11H,3-10,14H2,1-2H3/t11-/m1/s1. The van der Waals surface area contributed by atoms with Gasteiger partial charge in [-0.15, -0.1) is 0 Å². The lowest BCUT2D eigenvalue weighted by atomic mass is 10.2. The molecule has 1 rings (SSSR count). The van der Waals surface area contributed by atoms with E-state index in [2.05, 4.69) is 0 Å². The maximum absolute atomic E-state index is 12.2. The molecular formula is C13H25N3O2S. The number of carbonyl (C=O) groups is 2. The van der Waals surface area contributed by atoms with E-state index in [-0.39, 0.29) is 11.8 Å². The SMILES string of the molecule is CCC(=O)N1CCCN(C(=O)[C@H](N)CCSC)CC1. The maximum Gasteiger partial charge on any atom is 0.239 e. The summed E-state index contributed by atoms with van der Waals surface area (Å²) in [6.07, 6.45) is 4.10. The van der Waals surface area contributed by atoms with Crippen LogP contribution in [0.15, 0.2) is 0 Å². The van der Waals surface area contributed by atoms with Crippen LogP contribution in [0.25, 0.3) is 0 Å². The van der Waals surface area contributed by atoms with Crippen LogP contribution in [0.5, 0.6) is 0 Å². The Kier molecular flexibility index (Phi) is 7.23. The van der Waals surface area contributed by atoms with E-state index in [1.54, 1.807) is 11.8 Å². The van der Waals surface area contributed by atoms with Gasteiger partial charge in [-0.3, -0.25) is 9.59 Å². The van der Waals surface area contributed by atoms with E-state index in [1.165, 1.54) is 0 Å². The normalized spacial score (nSPS) is 18.1. The zero-order valence-corrected chi connectivity index (χ0v) is 12.7. The molecule has 110 valence electrons. The molecule has 0 aliphatic carbocycles. The zero-order chi connectivity index (χ0) is 14.3. The van der Waals surface area contributed by atoms with Gasteiger partial charge in [-0.1, -0.05) is 6.92 Å². The Morgan fingerprint density at radius 3 is 2.47 bits per heavy atom. The van der Waals surface area contributed by atoms with Crippen LogP contribution in [-0.2, 0) is 9.59 Å². The number of hydrogen-bond donors (Lipinski definition) is 1. The largest absolute Gasteiger partial charge is 0.341 e. The molecule has 1 saturated heterocycles. The number of amides is 2. The van der Waals surface area contributed by atoms with E-state index in [1.807, 2.05) is 23.0 Å². The molecule has 1 heterocycles. The Morgan fingerprint density at radius 2 is 1.84 bits per heavy atom. The highest BCUT2D eigenvalue weighted by atomic mass is 32.2. The predicted octanol–water partition coefficient (Wildman–Crippen LogP) is 0.538. The van der Waals surface area contributed by atoms with Crippen molar-refractivity contribution in [1.82, 2.24) is 9.80 Å². The minimum Gasteiger partial charge on any atom is -0.341 e. The molecule has 19 heavy (non-hydrogen) atoms. The predicted molar refractivity (Wildman–Crippen MR) is 79.0 cm³/mol.